The Bertz CT molecular complexity index is 627. The quantitative estimate of drug-likeness (QED) is 0.810. The van der Waals surface area contributed by atoms with Crippen LogP contribution in [0.15, 0.2) is 30.3 Å². The second kappa shape index (κ2) is 10.3. The van der Waals surface area contributed by atoms with Gasteiger partial charge in [-0.1, -0.05) is 37.3 Å². The summed E-state index contributed by atoms with van der Waals surface area (Å²) in [6, 6.07) is 9.70. The lowest BCUT2D eigenvalue weighted by atomic mass is 9.98. The van der Waals surface area contributed by atoms with Crippen molar-refractivity contribution in [2.75, 3.05) is 13.1 Å². The average molecular weight is 391 g/mol. The lowest BCUT2D eigenvalue weighted by Gasteiger charge is -2.29. The summed E-state index contributed by atoms with van der Waals surface area (Å²) < 4.78 is 10.9. The van der Waals surface area contributed by atoms with Crippen molar-refractivity contribution in [2.24, 2.45) is 5.92 Å². The Hall–Kier alpha value is -2.24. The summed E-state index contributed by atoms with van der Waals surface area (Å²) >= 11 is 0. The molecule has 1 heterocycles. The summed E-state index contributed by atoms with van der Waals surface area (Å²) in [7, 11) is 0. The molecule has 0 unspecified atom stereocenters. The molecule has 1 aromatic rings. The van der Waals surface area contributed by atoms with E-state index in [4.69, 9.17) is 9.47 Å². The summed E-state index contributed by atoms with van der Waals surface area (Å²) in [6.45, 7) is 9.33. The molecular weight excluding hydrogens is 356 g/mol. The van der Waals surface area contributed by atoms with Crippen molar-refractivity contribution in [1.82, 2.24) is 10.2 Å². The van der Waals surface area contributed by atoms with Gasteiger partial charge in [0, 0.05) is 19.1 Å². The molecule has 0 bridgehead atoms. The van der Waals surface area contributed by atoms with Crippen LogP contribution in [0, 0.1) is 5.92 Å². The summed E-state index contributed by atoms with van der Waals surface area (Å²) in [4.78, 5) is 26.4. The van der Waals surface area contributed by atoms with E-state index < -0.39 is 5.60 Å². The molecule has 6 nitrogen and oxygen atoms in total. The first kappa shape index (κ1) is 22.1. The molecule has 6 heteroatoms. The van der Waals surface area contributed by atoms with E-state index in [9.17, 15) is 9.59 Å². The van der Waals surface area contributed by atoms with Gasteiger partial charge < -0.3 is 19.7 Å². The maximum atomic E-state index is 12.4. The minimum Gasteiger partial charge on any atom is -0.445 e. The van der Waals surface area contributed by atoms with Gasteiger partial charge in [-0.15, -0.1) is 0 Å². The zero-order chi connectivity index (χ0) is 20.6. The molecule has 1 N–H and O–H groups in total. The molecule has 2 amide bonds. The Labute approximate surface area is 168 Å². The third-order valence-electron chi connectivity index (χ3n) is 4.64. The van der Waals surface area contributed by atoms with Gasteiger partial charge in [0.1, 0.15) is 12.2 Å². The molecule has 0 aliphatic carbocycles. The molecule has 1 aliphatic rings. The number of nitrogens with zero attached hydrogens (tertiary/aromatic N) is 1. The van der Waals surface area contributed by atoms with E-state index in [-0.39, 0.29) is 30.8 Å². The molecule has 0 spiro atoms. The molecule has 0 radical (unpaired) electrons. The number of hydrogen-bond acceptors (Lipinski definition) is 4. The lowest BCUT2D eigenvalue weighted by molar-refractivity contribution is 0.0221. The molecule has 0 aromatic heterocycles. The van der Waals surface area contributed by atoms with Gasteiger partial charge in [-0.05, 0) is 57.9 Å². The smallest absolute Gasteiger partial charge is 0.410 e. The highest BCUT2D eigenvalue weighted by molar-refractivity contribution is 5.68. The number of amides is 2. The van der Waals surface area contributed by atoms with Crippen molar-refractivity contribution in [3.8, 4) is 0 Å². The Balaban J connectivity index is 1.84. The summed E-state index contributed by atoms with van der Waals surface area (Å²) in [5, 5.41) is 3.00. The molecule has 2 rings (SSSR count). The molecule has 1 saturated heterocycles. The van der Waals surface area contributed by atoms with Gasteiger partial charge >= 0.3 is 12.2 Å². The van der Waals surface area contributed by atoms with Crippen LogP contribution in [-0.2, 0) is 16.1 Å². The highest BCUT2D eigenvalue weighted by Crippen LogP contribution is 2.19. The topological polar surface area (TPSA) is 67.9 Å². The van der Waals surface area contributed by atoms with Crippen LogP contribution >= 0.6 is 0 Å². The van der Waals surface area contributed by atoms with Crippen molar-refractivity contribution in [1.29, 1.82) is 0 Å². The molecule has 1 aliphatic heterocycles. The van der Waals surface area contributed by atoms with Gasteiger partial charge in [-0.3, -0.25) is 0 Å². The van der Waals surface area contributed by atoms with Crippen LogP contribution in [0.2, 0.25) is 0 Å². The van der Waals surface area contributed by atoms with E-state index in [1.807, 2.05) is 51.1 Å². The van der Waals surface area contributed by atoms with Gasteiger partial charge in [-0.2, -0.15) is 0 Å². The van der Waals surface area contributed by atoms with Gasteiger partial charge in [0.25, 0.3) is 0 Å². The van der Waals surface area contributed by atoms with Crippen LogP contribution in [0.5, 0.6) is 0 Å². The van der Waals surface area contributed by atoms with E-state index in [0.29, 0.717) is 13.1 Å². The van der Waals surface area contributed by atoms with Crippen molar-refractivity contribution in [3.05, 3.63) is 35.9 Å². The zero-order valence-electron chi connectivity index (χ0n) is 17.6. The van der Waals surface area contributed by atoms with Gasteiger partial charge in [0.2, 0.25) is 0 Å². The third kappa shape index (κ3) is 8.19. The number of nitrogens with one attached hydrogen (secondary N) is 1. The number of ether oxygens (including phenoxy) is 2. The lowest BCUT2D eigenvalue weighted by Crippen LogP contribution is -2.41. The Morgan fingerprint density at radius 2 is 1.89 bits per heavy atom. The SMILES string of the molecule is C[C@@H]1C[C@@H](NC(=O)OCc2ccccc2)CCCCN(C(=O)OC(C)(C)C)C1. The summed E-state index contributed by atoms with van der Waals surface area (Å²) in [5.41, 5.74) is 0.472. The number of alkyl carbamates (subject to hydrolysis) is 1. The number of hydrogen-bond donors (Lipinski definition) is 1. The Morgan fingerprint density at radius 3 is 2.57 bits per heavy atom. The fourth-order valence-corrected chi connectivity index (χ4v) is 3.39. The van der Waals surface area contributed by atoms with E-state index in [0.717, 1.165) is 31.2 Å². The Morgan fingerprint density at radius 1 is 1.18 bits per heavy atom. The maximum absolute atomic E-state index is 12.4. The maximum Gasteiger partial charge on any atom is 0.410 e. The predicted molar refractivity (Wildman–Crippen MR) is 109 cm³/mol. The van der Waals surface area contributed by atoms with Gasteiger partial charge in [0.05, 0.1) is 0 Å². The van der Waals surface area contributed by atoms with E-state index in [1.54, 1.807) is 4.90 Å². The van der Waals surface area contributed by atoms with Crippen LogP contribution in [0.4, 0.5) is 9.59 Å². The van der Waals surface area contributed by atoms with Crippen molar-refractivity contribution in [3.63, 3.8) is 0 Å². The molecule has 2 atom stereocenters. The predicted octanol–water partition coefficient (Wildman–Crippen LogP) is 4.73. The van der Waals surface area contributed by atoms with Crippen molar-refractivity contribution >= 4 is 12.2 Å². The number of carbonyl (C=O) groups is 2. The van der Waals surface area contributed by atoms with Crippen molar-refractivity contribution in [2.45, 2.75) is 71.6 Å². The first-order chi connectivity index (χ1) is 13.2. The molecule has 1 fully saturated rings. The minimum absolute atomic E-state index is 0.0526. The van der Waals surface area contributed by atoms with Crippen LogP contribution in [0.25, 0.3) is 0 Å². The minimum atomic E-state index is -0.495. The number of benzene rings is 1. The van der Waals surface area contributed by atoms with Crippen LogP contribution in [-0.4, -0.2) is 41.8 Å². The fourth-order valence-electron chi connectivity index (χ4n) is 3.39. The van der Waals surface area contributed by atoms with E-state index in [1.165, 1.54) is 0 Å². The molecule has 28 heavy (non-hydrogen) atoms. The summed E-state index contributed by atoms with van der Waals surface area (Å²) in [5.74, 6) is 0.255. The highest BCUT2D eigenvalue weighted by Gasteiger charge is 2.26. The van der Waals surface area contributed by atoms with Crippen LogP contribution in [0.3, 0.4) is 0 Å². The second-order valence-electron chi connectivity index (χ2n) is 8.67. The zero-order valence-corrected chi connectivity index (χ0v) is 17.6. The fraction of sp³-hybridized carbons (Fsp3) is 0.636. The Kier molecular flexibility index (Phi) is 8.15. The van der Waals surface area contributed by atoms with E-state index in [2.05, 4.69) is 12.2 Å². The molecular formula is C22H34N2O4. The van der Waals surface area contributed by atoms with Gasteiger partial charge in [0.15, 0.2) is 0 Å². The standard InChI is InChI=1S/C22H34N2O4/c1-17-14-19(23-20(25)27-16-18-10-6-5-7-11-18)12-8-9-13-24(15-17)21(26)28-22(2,3)4/h5-7,10-11,17,19H,8-9,12-16H2,1-4H3,(H,23,25)/t17-,19+/m1/s1. The largest absolute Gasteiger partial charge is 0.445 e. The normalized spacial score (nSPS) is 21.1. The molecule has 156 valence electrons. The number of rotatable bonds is 3. The molecule has 1 aromatic carbocycles. The first-order valence-electron chi connectivity index (χ1n) is 10.2. The van der Waals surface area contributed by atoms with Crippen LogP contribution < -0.4 is 5.32 Å². The number of carbonyl (C=O) groups excluding carboxylic acids is 2. The average Bonchev–Trinajstić information content (AvgIpc) is 2.70. The highest BCUT2D eigenvalue weighted by atomic mass is 16.6. The monoisotopic (exact) mass is 390 g/mol. The summed E-state index contributed by atoms with van der Waals surface area (Å²) in [6.07, 6.45) is 2.88. The molecule has 0 saturated carbocycles. The second-order valence-corrected chi connectivity index (χ2v) is 8.67. The van der Waals surface area contributed by atoms with Crippen molar-refractivity contribution < 1.29 is 19.1 Å². The van der Waals surface area contributed by atoms with Crippen LogP contribution in [0.1, 0.15) is 58.9 Å². The van der Waals surface area contributed by atoms with E-state index >= 15 is 0 Å². The first-order valence-corrected chi connectivity index (χ1v) is 10.2. The van der Waals surface area contributed by atoms with Gasteiger partial charge in [-0.25, -0.2) is 9.59 Å². The third-order valence-corrected chi connectivity index (χ3v) is 4.64.